The first kappa shape index (κ1) is 15.4. The third-order valence-corrected chi connectivity index (χ3v) is 8.43. The molecule has 1 aliphatic carbocycles. The fraction of sp³-hybridized carbons (Fsp3) is 0.941. The van der Waals surface area contributed by atoms with Gasteiger partial charge in [0.05, 0.1) is 0 Å². The van der Waals surface area contributed by atoms with Crippen LogP contribution in [0.15, 0.2) is 0 Å². The van der Waals surface area contributed by atoms with Gasteiger partial charge < -0.3 is 0 Å². The second kappa shape index (κ2) is 6.65. The van der Waals surface area contributed by atoms with Gasteiger partial charge in [-0.25, -0.2) is 0 Å². The summed E-state index contributed by atoms with van der Waals surface area (Å²) >= 11 is 0. The molecular weight excluding hydrogens is 252 g/mol. The first-order valence-corrected chi connectivity index (χ1v) is 9.83. The summed E-state index contributed by atoms with van der Waals surface area (Å²) in [7, 11) is 0.404. The van der Waals surface area contributed by atoms with Crippen molar-refractivity contribution in [3.05, 3.63) is 0 Å². The maximum absolute atomic E-state index is 13.0. The molecule has 1 nitrogen and oxygen atoms in total. The molecule has 0 aromatic carbocycles. The molecular formula is C17H31OS+. The Bertz CT molecular complexity index is 306. The lowest BCUT2D eigenvalue weighted by molar-refractivity contribution is -0.124. The topological polar surface area (TPSA) is 17.1 Å². The lowest BCUT2D eigenvalue weighted by Crippen LogP contribution is -2.42. The zero-order valence-corrected chi connectivity index (χ0v) is 14.0. The number of rotatable bonds is 4. The molecule has 0 aromatic heterocycles. The Kier molecular flexibility index (Phi) is 5.39. The standard InChI is InChI=1S/C17H31OS/c1-12(2)17(19-9-5-6-10-19)16(18)15-8-7-13(3)14(4)11-15/h12-15,17H,5-11H2,1-4H3/q+1. The summed E-state index contributed by atoms with van der Waals surface area (Å²) in [5, 5.41) is 0.383. The summed E-state index contributed by atoms with van der Waals surface area (Å²) in [5.41, 5.74) is 0. The highest BCUT2D eigenvalue weighted by atomic mass is 32.2. The molecule has 2 rings (SSSR count). The van der Waals surface area contributed by atoms with Crippen LogP contribution in [0, 0.1) is 23.7 Å². The Morgan fingerprint density at radius 1 is 1.05 bits per heavy atom. The Labute approximate surface area is 122 Å². The molecule has 4 unspecified atom stereocenters. The van der Waals surface area contributed by atoms with Gasteiger partial charge in [0.15, 0.2) is 11.0 Å². The molecule has 1 saturated heterocycles. The Balaban J connectivity index is 2.02. The Hall–Kier alpha value is 0.0200. The molecule has 2 aliphatic rings. The van der Waals surface area contributed by atoms with E-state index in [9.17, 15) is 4.79 Å². The van der Waals surface area contributed by atoms with Crippen molar-refractivity contribution in [1.82, 2.24) is 0 Å². The van der Waals surface area contributed by atoms with Crippen LogP contribution in [0.2, 0.25) is 0 Å². The van der Waals surface area contributed by atoms with E-state index in [1.165, 1.54) is 30.8 Å². The van der Waals surface area contributed by atoms with Crippen LogP contribution >= 0.6 is 0 Å². The quantitative estimate of drug-likeness (QED) is 0.711. The van der Waals surface area contributed by atoms with Crippen molar-refractivity contribution in [3.63, 3.8) is 0 Å². The molecule has 2 heteroatoms. The minimum atomic E-state index is 0.381. The molecule has 19 heavy (non-hydrogen) atoms. The molecule has 1 aliphatic heterocycles. The van der Waals surface area contributed by atoms with E-state index in [0.29, 0.717) is 33.8 Å². The van der Waals surface area contributed by atoms with Gasteiger partial charge in [-0.3, -0.25) is 4.79 Å². The molecule has 0 amide bonds. The molecule has 0 radical (unpaired) electrons. The van der Waals surface area contributed by atoms with Gasteiger partial charge in [-0.05, 0) is 54.8 Å². The van der Waals surface area contributed by atoms with Crippen LogP contribution < -0.4 is 0 Å². The fourth-order valence-corrected chi connectivity index (χ4v) is 7.00. The monoisotopic (exact) mass is 283 g/mol. The van der Waals surface area contributed by atoms with Crippen molar-refractivity contribution in [2.75, 3.05) is 11.5 Å². The zero-order chi connectivity index (χ0) is 14.0. The highest BCUT2D eigenvalue weighted by Crippen LogP contribution is 2.37. The predicted octanol–water partition coefficient (Wildman–Crippen LogP) is 4.06. The molecule has 4 atom stereocenters. The van der Waals surface area contributed by atoms with Crippen LogP contribution in [-0.2, 0) is 15.7 Å². The highest BCUT2D eigenvalue weighted by molar-refractivity contribution is 7.98. The average Bonchev–Trinajstić information content (AvgIpc) is 2.86. The maximum Gasteiger partial charge on any atom is 0.188 e. The first-order valence-electron chi connectivity index (χ1n) is 8.20. The Morgan fingerprint density at radius 3 is 2.21 bits per heavy atom. The third kappa shape index (κ3) is 3.56. The van der Waals surface area contributed by atoms with E-state index in [4.69, 9.17) is 0 Å². The number of Topliss-reactive ketones (excluding diaryl/α,β-unsaturated/α-hetero) is 1. The second-order valence-electron chi connectivity index (χ2n) is 7.18. The zero-order valence-electron chi connectivity index (χ0n) is 13.2. The summed E-state index contributed by atoms with van der Waals surface area (Å²) in [5.74, 6) is 5.77. The van der Waals surface area contributed by atoms with Crippen molar-refractivity contribution in [1.29, 1.82) is 0 Å². The van der Waals surface area contributed by atoms with E-state index in [0.717, 1.165) is 24.7 Å². The average molecular weight is 284 g/mol. The van der Waals surface area contributed by atoms with E-state index < -0.39 is 0 Å². The smallest absolute Gasteiger partial charge is 0.188 e. The summed E-state index contributed by atoms with van der Waals surface area (Å²) in [6.07, 6.45) is 6.29. The summed E-state index contributed by atoms with van der Waals surface area (Å²) in [6.45, 7) is 9.22. The van der Waals surface area contributed by atoms with Crippen LogP contribution in [0.5, 0.6) is 0 Å². The van der Waals surface area contributed by atoms with E-state index in [2.05, 4.69) is 27.7 Å². The minimum Gasteiger partial charge on any atom is -0.294 e. The number of hydrogen-bond donors (Lipinski definition) is 0. The van der Waals surface area contributed by atoms with Gasteiger partial charge in [0.2, 0.25) is 0 Å². The molecule has 110 valence electrons. The molecule has 0 bridgehead atoms. The molecule has 0 N–H and O–H groups in total. The molecule has 1 heterocycles. The minimum absolute atomic E-state index is 0.381. The molecule has 0 aromatic rings. The molecule has 1 saturated carbocycles. The van der Waals surface area contributed by atoms with Crippen molar-refractivity contribution in [2.24, 2.45) is 23.7 Å². The number of carbonyl (C=O) groups is 1. The van der Waals surface area contributed by atoms with Crippen molar-refractivity contribution in [2.45, 2.75) is 65.0 Å². The van der Waals surface area contributed by atoms with Gasteiger partial charge in [-0.1, -0.05) is 27.7 Å². The molecule has 0 spiro atoms. The van der Waals surface area contributed by atoms with E-state index >= 15 is 0 Å². The maximum atomic E-state index is 13.0. The third-order valence-electron chi connectivity index (χ3n) is 5.31. The SMILES string of the molecule is CC(C)C(C(=O)C1CCC(C)C(C)C1)[S+]1CCCC1. The van der Waals surface area contributed by atoms with Gasteiger partial charge >= 0.3 is 0 Å². The number of carbonyl (C=O) groups excluding carboxylic acids is 1. The predicted molar refractivity (Wildman–Crippen MR) is 85.6 cm³/mol. The van der Waals surface area contributed by atoms with Crippen molar-refractivity contribution >= 4 is 16.7 Å². The highest BCUT2D eigenvalue weighted by Gasteiger charge is 2.44. The molecule has 2 fully saturated rings. The van der Waals surface area contributed by atoms with Gasteiger partial charge in [0.25, 0.3) is 0 Å². The van der Waals surface area contributed by atoms with Gasteiger partial charge in [-0.15, -0.1) is 0 Å². The first-order chi connectivity index (χ1) is 9.00. The van der Waals surface area contributed by atoms with Crippen molar-refractivity contribution in [3.8, 4) is 0 Å². The van der Waals surface area contributed by atoms with E-state index in [-0.39, 0.29) is 0 Å². The largest absolute Gasteiger partial charge is 0.294 e. The lowest BCUT2D eigenvalue weighted by Gasteiger charge is -2.33. The summed E-state index contributed by atoms with van der Waals surface area (Å²) < 4.78 is 0. The number of hydrogen-bond acceptors (Lipinski definition) is 1. The van der Waals surface area contributed by atoms with Crippen LogP contribution in [0.1, 0.15) is 59.8 Å². The Morgan fingerprint density at radius 2 is 1.68 bits per heavy atom. The van der Waals surface area contributed by atoms with Crippen LogP contribution in [0.3, 0.4) is 0 Å². The van der Waals surface area contributed by atoms with Crippen molar-refractivity contribution < 1.29 is 4.79 Å². The summed E-state index contributed by atoms with van der Waals surface area (Å²) in [4.78, 5) is 13.0. The fourth-order valence-electron chi connectivity index (χ4n) is 3.85. The normalized spacial score (nSPS) is 34.7. The van der Waals surface area contributed by atoms with E-state index in [1.807, 2.05) is 0 Å². The van der Waals surface area contributed by atoms with E-state index in [1.54, 1.807) is 0 Å². The van der Waals surface area contributed by atoms with Crippen LogP contribution in [-0.4, -0.2) is 22.5 Å². The van der Waals surface area contributed by atoms with Gasteiger partial charge in [-0.2, -0.15) is 0 Å². The lowest BCUT2D eigenvalue weighted by atomic mass is 9.73. The van der Waals surface area contributed by atoms with Gasteiger partial charge in [0.1, 0.15) is 11.5 Å². The van der Waals surface area contributed by atoms with Crippen LogP contribution in [0.4, 0.5) is 0 Å². The van der Waals surface area contributed by atoms with Gasteiger partial charge in [0, 0.05) is 11.8 Å². The van der Waals surface area contributed by atoms with Crippen LogP contribution in [0.25, 0.3) is 0 Å². The second-order valence-corrected chi connectivity index (χ2v) is 9.58. The summed E-state index contributed by atoms with van der Waals surface area (Å²) in [6, 6.07) is 0. The number of ketones is 1.